The van der Waals surface area contributed by atoms with Gasteiger partial charge in [-0.05, 0) is 54.8 Å². The molecule has 1 N–H and O–H groups in total. The van der Waals surface area contributed by atoms with Gasteiger partial charge in [0.2, 0.25) is 0 Å². The maximum atomic E-state index is 11.8. The van der Waals surface area contributed by atoms with Crippen LogP contribution in [-0.2, 0) is 4.79 Å². The molecule has 0 bridgehead atoms. The molecule has 1 saturated heterocycles. The van der Waals surface area contributed by atoms with Crippen molar-refractivity contribution in [2.45, 2.75) is 13.8 Å². The Kier molecular flexibility index (Phi) is 7.05. The summed E-state index contributed by atoms with van der Waals surface area (Å²) in [7, 11) is 1.54. The number of halogens is 1. The standard InChI is InChI=1S/C21H20ClNO4S2/c1-12-4-5-13(2)16(8-12)26-6-7-27-19-15(22)9-14(10-17(19)25-3)11-18-20(24)23-21(28)29-18/h4-5,8-11H,6-7H2,1-3H3,(H,23,24,28). The topological polar surface area (TPSA) is 56.8 Å². The fourth-order valence-corrected chi connectivity index (χ4v) is 4.01. The number of methoxy groups -OCH3 is 1. The molecule has 8 heteroatoms. The molecule has 2 aromatic rings. The van der Waals surface area contributed by atoms with Gasteiger partial charge in [-0.1, -0.05) is 47.7 Å². The van der Waals surface area contributed by atoms with Crippen molar-refractivity contribution in [2.24, 2.45) is 0 Å². The van der Waals surface area contributed by atoms with Crippen molar-refractivity contribution in [3.05, 3.63) is 56.9 Å². The predicted molar refractivity (Wildman–Crippen MR) is 121 cm³/mol. The van der Waals surface area contributed by atoms with Crippen LogP contribution in [0, 0.1) is 13.8 Å². The molecule has 0 aliphatic carbocycles. The van der Waals surface area contributed by atoms with E-state index in [0.29, 0.717) is 44.5 Å². The highest BCUT2D eigenvalue weighted by molar-refractivity contribution is 8.26. The maximum Gasteiger partial charge on any atom is 0.263 e. The van der Waals surface area contributed by atoms with Gasteiger partial charge in [0.05, 0.1) is 17.0 Å². The number of thioether (sulfide) groups is 1. The van der Waals surface area contributed by atoms with Crippen LogP contribution in [0.15, 0.2) is 35.2 Å². The Morgan fingerprint density at radius 1 is 1.14 bits per heavy atom. The van der Waals surface area contributed by atoms with E-state index in [1.54, 1.807) is 18.2 Å². The van der Waals surface area contributed by atoms with E-state index in [2.05, 4.69) is 5.32 Å². The van der Waals surface area contributed by atoms with Crippen LogP contribution in [0.25, 0.3) is 6.08 Å². The van der Waals surface area contributed by atoms with Crippen molar-refractivity contribution in [2.75, 3.05) is 20.3 Å². The Morgan fingerprint density at radius 3 is 2.59 bits per heavy atom. The van der Waals surface area contributed by atoms with E-state index in [0.717, 1.165) is 16.9 Å². The van der Waals surface area contributed by atoms with Crippen molar-refractivity contribution in [1.82, 2.24) is 5.32 Å². The van der Waals surface area contributed by atoms with Gasteiger partial charge in [-0.2, -0.15) is 0 Å². The number of ether oxygens (including phenoxy) is 3. The lowest BCUT2D eigenvalue weighted by atomic mass is 10.1. The van der Waals surface area contributed by atoms with E-state index in [4.69, 9.17) is 38.0 Å². The summed E-state index contributed by atoms with van der Waals surface area (Å²) in [5.74, 6) is 1.51. The number of carbonyl (C=O) groups is 1. The number of carbonyl (C=O) groups excluding carboxylic acids is 1. The molecular weight excluding hydrogens is 430 g/mol. The zero-order valence-electron chi connectivity index (χ0n) is 16.2. The number of aryl methyl sites for hydroxylation is 2. The molecule has 3 rings (SSSR count). The van der Waals surface area contributed by atoms with Gasteiger partial charge in [0.25, 0.3) is 5.91 Å². The van der Waals surface area contributed by atoms with Gasteiger partial charge in [-0.15, -0.1) is 0 Å². The highest BCUT2D eigenvalue weighted by Gasteiger charge is 2.22. The number of benzene rings is 2. The first-order valence-corrected chi connectivity index (χ1v) is 10.4. The Hall–Kier alpha value is -2.22. The van der Waals surface area contributed by atoms with Crippen molar-refractivity contribution in [3.8, 4) is 17.2 Å². The minimum absolute atomic E-state index is 0.223. The van der Waals surface area contributed by atoms with Crippen LogP contribution < -0.4 is 19.5 Å². The average molecular weight is 450 g/mol. The molecule has 1 fully saturated rings. The summed E-state index contributed by atoms with van der Waals surface area (Å²) < 4.78 is 17.5. The number of hydrogen-bond donors (Lipinski definition) is 1. The third kappa shape index (κ3) is 5.44. The average Bonchev–Trinajstić information content (AvgIpc) is 2.99. The number of amides is 1. The highest BCUT2D eigenvalue weighted by atomic mass is 35.5. The Morgan fingerprint density at radius 2 is 1.90 bits per heavy atom. The maximum absolute atomic E-state index is 11.8. The lowest BCUT2D eigenvalue weighted by Gasteiger charge is -2.14. The summed E-state index contributed by atoms with van der Waals surface area (Å²) in [6.45, 7) is 4.68. The first kappa shape index (κ1) is 21.5. The second kappa shape index (κ2) is 9.52. The molecule has 0 radical (unpaired) electrons. The number of rotatable bonds is 7. The number of thiocarbonyl (C=S) groups is 1. The molecule has 152 valence electrons. The zero-order chi connectivity index (χ0) is 21.0. The molecule has 1 aliphatic heterocycles. The second-order valence-corrected chi connectivity index (χ2v) is 8.48. The monoisotopic (exact) mass is 449 g/mol. The molecule has 0 spiro atoms. The fraction of sp³-hybridized carbons (Fsp3) is 0.238. The van der Waals surface area contributed by atoms with Crippen molar-refractivity contribution in [1.29, 1.82) is 0 Å². The lowest BCUT2D eigenvalue weighted by Crippen LogP contribution is -2.17. The minimum atomic E-state index is -0.223. The van der Waals surface area contributed by atoms with E-state index in [1.165, 1.54) is 18.9 Å². The van der Waals surface area contributed by atoms with Crippen LogP contribution in [-0.4, -0.2) is 30.6 Å². The summed E-state index contributed by atoms with van der Waals surface area (Å²) in [5.41, 5.74) is 2.92. The molecule has 29 heavy (non-hydrogen) atoms. The van der Waals surface area contributed by atoms with E-state index in [1.807, 2.05) is 32.0 Å². The number of nitrogens with one attached hydrogen (secondary N) is 1. The van der Waals surface area contributed by atoms with Crippen LogP contribution >= 0.6 is 35.6 Å². The second-order valence-electron chi connectivity index (χ2n) is 6.35. The summed E-state index contributed by atoms with van der Waals surface area (Å²) in [5, 5.41) is 2.96. The lowest BCUT2D eigenvalue weighted by molar-refractivity contribution is -0.115. The molecule has 1 heterocycles. The van der Waals surface area contributed by atoms with E-state index in [-0.39, 0.29) is 5.91 Å². The smallest absolute Gasteiger partial charge is 0.263 e. The number of hydrogen-bond acceptors (Lipinski definition) is 6. The summed E-state index contributed by atoms with van der Waals surface area (Å²) in [6, 6.07) is 9.53. The minimum Gasteiger partial charge on any atom is -0.493 e. The van der Waals surface area contributed by atoms with Crippen molar-refractivity contribution < 1.29 is 19.0 Å². The first-order valence-electron chi connectivity index (χ1n) is 8.82. The van der Waals surface area contributed by atoms with Gasteiger partial charge in [-0.3, -0.25) is 4.79 Å². The molecular formula is C21H20ClNO4S2. The summed E-state index contributed by atoms with van der Waals surface area (Å²) in [4.78, 5) is 12.3. The molecule has 0 unspecified atom stereocenters. The quantitative estimate of drug-likeness (QED) is 0.368. The molecule has 1 amide bonds. The predicted octanol–water partition coefficient (Wildman–Crippen LogP) is 4.91. The highest BCUT2D eigenvalue weighted by Crippen LogP contribution is 2.38. The molecule has 1 aliphatic rings. The zero-order valence-corrected chi connectivity index (χ0v) is 18.6. The third-order valence-corrected chi connectivity index (χ3v) is 5.57. The summed E-state index contributed by atoms with van der Waals surface area (Å²) >= 11 is 12.6. The van der Waals surface area contributed by atoms with Gasteiger partial charge < -0.3 is 19.5 Å². The van der Waals surface area contributed by atoms with Gasteiger partial charge in [0.1, 0.15) is 23.3 Å². The Labute approximate surface area is 184 Å². The molecule has 0 atom stereocenters. The summed E-state index contributed by atoms with van der Waals surface area (Å²) in [6.07, 6.45) is 1.71. The molecule has 0 aromatic heterocycles. The van der Waals surface area contributed by atoms with Gasteiger partial charge in [0, 0.05) is 0 Å². The van der Waals surface area contributed by atoms with Crippen LogP contribution in [0.1, 0.15) is 16.7 Å². The van der Waals surface area contributed by atoms with Gasteiger partial charge >= 0.3 is 0 Å². The van der Waals surface area contributed by atoms with E-state index in [9.17, 15) is 4.79 Å². The fourth-order valence-electron chi connectivity index (χ4n) is 2.69. The third-order valence-electron chi connectivity index (χ3n) is 4.12. The Bertz CT molecular complexity index is 991. The largest absolute Gasteiger partial charge is 0.493 e. The molecule has 0 saturated carbocycles. The first-order chi connectivity index (χ1) is 13.9. The van der Waals surface area contributed by atoms with Crippen molar-refractivity contribution >= 4 is 51.9 Å². The molecule has 2 aromatic carbocycles. The normalized spacial score (nSPS) is 14.8. The van der Waals surface area contributed by atoms with Gasteiger partial charge in [0.15, 0.2) is 11.5 Å². The van der Waals surface area contributed by atoms with E-state index < -0.39 is 0 Å². The van der Waals surface area contributed by atoms with Crippen molar-refractivity contribution in [3.63, 3.8) is 0 Å². The van der Waals surface area contributed by atoms with Crippen LogP contribution in [0.5, 0.6) is 17.2 Å². The Balaban J connectivity index is 1.68. The van der Waals surface area contributed by atoms with E-state index >= 15 is 0 Å². The molecule has 5 nitrogen and oxygen atoms in total. The van der Waals surface area contributed by atoms with Crippen LogP contribution in [0.3, 0.4) is 0 Å². The van der Waals surface area contributed by atoms with Crippen LogP contribution in [0.2, 0.25) is 5.02 Å². The van der Waals surface area contributed by atoms with Gasteiger partial charge in [-0.25, -0.2) is 0 Å². The van der Waals surface area contributed by atoms with Crippen LogP contribution in [0.4, 0.5) is 0 Å². The SMILES string of the molecule is COc1cc(C=C2SC(=S)NC2=O)cc(Cl)c1OCCOc1cc(C)ccc1C.